The van der Waals surface area contributed by atoms with Gasteiger partial charge in [-0.2, -0.15) is 5.10 Å². The summed E-state index contributed by atoms with van der Waals surface area (Å²) in [5, 5.41) is 5.25. The van der Waals surface area contributed by atoms with Crippen LogP contribution >= 0.6 is 22.9 Å². The van der Waals surface area contributed by atoms with E-state index in [1.807, 2.05) is 39.1 Å². The first-order chi connectivity index (χ1) is 11.0. The van der Waals surface area contributed by atoms with E-state index in [-0.39, 0.29) is 5.91 Å². The van der Waals surface area contributed by atoms with Gasteiger partial charge >= 0.3 is 0 Å². The molecule has 5 nitrogen and oxygen atoms in total. The molecule has 3 aromatic rings. The topological polar surface area (TPSA) is 51.0 Å². The van der Waals surface area contributed by atoms with Gasteiger partial charge in [-0.25, -0.2) is 4.98 Å². The lowest BCUT2D eigenvalue weighted by molar-refractivity contribution is 0.0754. The first-order valence-corrected chi connectivity index (χ1v) is 8.52. The maximum absolute atomic E-state index is 12.8. The molecule has 3 rings (SSSR count). The minimum Gasteiger partial charge on any atom is -0.334 e. The van der Waals surface area contributed by atoms with Crippen molar-refractivity contribution in [2.45, 2.75) is 20.4 Å². The Kier molecular flexibility index (Phi) is 4.37. The Morgan fingerprint density at radius 3 is 2.87 bits per heavy atom. The predicted octanol–water partition coefficient (Wildman–Crippen LogP) is 3.65. The summed E-state index contributed by atoms with van der Waals surface area (Å²) in [6.07, 6.45) is 1.62. The number of carbonyl (C=O) groups excluding carboxylic acids is 1. The molecule has 0 unspecified atom stereocenters. The fourth-order valence-electron chi connectivity index (χ4n) is 2.56. The number of thiophene rings is 1. The van der Waals surface area contributed by atoms with Gasteiger partial charge in [-0.3, -0.25) is 9.48 Å². The minimum atomic E-state index is -0.0327. The highest BCUT2D eigenvalue weighted by atomic mass is 35.5. The number of carbonyl (C=O) groups is 1. The van der Waals surface area contributed by atoms with E-state index in [1.165, 1.54) is 11.3 Å². The Hall–Kier alpha value is -1.92. The van der Waals surface area contributed by atoms with E-state index >= 15 is 0 Å². The molecule has 0 fully saturated rings. The average Bonchev–Trinajstić information content (AvgIpc) is 3.07. The van der Waals surface area contributed by atoms with Crippen LogP contribution in [0, 0.1) is 6.92 Å². The van der Waals surface area contributed by atoms with E-state index in [0.29, 0.717) is 18.7 Å². The Bertz CT molecular complexity index is 870. The molecule has 0 saturated heterocycles. The molecule has 0 radical (unpaired) electrons. The number of amides is 1. The number of fused-ring (bicyclic) bond motifs is 1. The molecule has 0 saturated carbocycles. The van der Waals surface area contributed by atoms with E-state index in [9.17, 15) is 4.79 Å². The molecule has 0 aliphatic rings. The second kappa shape index (κ2) is 6.29. The van der Waals surface area contributed by atoms with Gasteiger partial charge in [-0.15, -0.1) is 11.3 Å². The first-order valence-electron chi connectivity index (χ1n) is 7.32. The largest absolute Gasteiger partial charge is 0.334 e. The second-order valence-corrected chi connectivity index (χ2v) is 7.13. The van der Waals surface area contributed by atoms with E-state index in [4.69, 9.17) is 11.6 Å². The van der Waals surface area contributed by atoms with Crippen LogP contribution in [0.4, 0.5) is 0 Å². The van der Waals surface area contributed by atoms with Crippen LogP contribution in [-0.2, 0) is 13.6 Å². The highest BCUT2D eigenvalue weighted by Gasteiger charge is 2.18. The third kappa shape index (κ3) is 3.09. The summed E-state index contributed by atoms with van der Waals surface area (Å²) in [6.45, 7) is 5.06. The number of halogens is 1. The molecule has 0 aromatic carbocycles. The van der Waals surface area contributed by atoms with Crippen molar-refractivity contribution in [1.82, 2.24) is 19.7 Å². The summed E-state index contributed by atoms with van der Waals surface area (Å²) in [4.78, 5) is 20.0. The summed E-state index contributed by atoms with van der Waals surface area (Å²) in [5.74, 6) is -0.0327. The molecule has 0 N–H and O–H groups in total. The highest BCUT2D eigenvalue weighted by Crippen LogP contribution is 2.24. The zero-order chi connectivity index (χ0) is 16.6. The van der Waals surface area contributed by atoms with Crippen LogP contribution in [0.25, 0.3) is 11.0 Å². The summed E-state index contributed by atoms with van der Waals surface area (Å²) in [6, 6.07) is 5.68. The quantitative estimate of drug-likeness (QED) is 0.723. The van der Waals surface area contributed by atoms with Crippen LogP contribution in [0.5, 0.6) is 0 Å². The molecule has 7 heteroatoms. The molecular weight excluding hydrogens is 332 g/mol. The summed E-state index contributed by atoms with van der Waals surface area (Å²) < 4.78 is 2.46. The van der Waals surface area contributed by atoms with E-state index < -0.39 is 0 Å². The van der Waals surface area contributed by atoms with Crippen LogP contribution in [-0.4, -0.2) is 32.1 Å². The molecule has 0 aliphatic carbocycles. The van der Waals surface area contributed by atoms with Crippen molar-refractivity contribution in [3.8, 4) is 0 Å². The first kappa shape index (κ1) is 16.0. The van der Waals surface area contributed by atoms with Gasteiger partial charge in [-0.05, 0) is 32.0 Å². The Morgan fingerprint density at radius 1 is 1.43 bits per heavy atom. The van der Waals surface area contributed by atoms with Crippen LogP contribution < -0.4 is 0 Å². The van der Waals surface area contributed by atoms with Gasteiger partial charge in [0.15, 0.2) is 5.65 Å². The third-order valence-corrected chi connectivity index (χ3v) is 4.97. The van der Waals surface area contributed by atoms with Crippen LogP contribution in [0.1, 0.15) is 27.9 Å². The number of aromatic nitrogens is 3. The molecule has 0 aliphatic heterocycles. The zero-order valence-electron chi connectivity index (χ0n) is 13.2. The summed E-state index contributed by atoms with van der Waals surface area (Å²) in [5.41, 5.74) is 2.24. The molecule has 0 bridgehead atoms. The van der Waals surface area contributed by atoms with Crippen molar-refractivity contribution in [3.63, 3.8) is 0 Å². The lowest BCUT2D eigenvalue weighted by Gasteiger charge is -2.20. The molecule has 0 spiro atoms. The van der Waals surface area contributed by atoms with Crippen molar-refractivity contribution >= 4 is 39.9 Å². The number of rotatable bonds is 4. The lowest BCUT2D eigenvalue weighted by atomic mass is 10.2. The average molecular weight is 349 g/mol. The van der Waals surface area contributed by atoms with Gasteiger partial charge in [-0.1, -0.05) is 11.6 Å². The lowest BCUT2D eigenvalue weighted by Crippen LogP contribution is -2.30. The Morgan fingerprint density at radius 2 is 2.22 bits per heavy atom. The molecule has 1 amide bonds. The van der Waals surface area contributed by atoms with Crippen molar-refractivity contribution in [2.75, 3.05) is 6.54 Å². The number of nitrogens with zero attached hydrogens (tertiary/aromatic N) is 4. The van der Waals surface area contributed by atoms with Gasteiger partial charge in [0.05, 0.1) is 22.1 Å². The number of aryl methyl sites for hydroxylation is 2. The van der Waals surface area contributed by atoms with Gasteiger partial charge in [0, 0.05) is 30.1 Å². The fourth-order valence-corrected chi connectivity index (χ4v) is 3.66. The minimum absolute atomic E-state index is 0.0327. The van der Waals surface area contributed by atoms with E-state index in [2.05, 4.69) is 10.1 Å². The van der Waals surface area contributed by atoms with E-state index in [0.717, 1.165) is 25.9 Å². The van der Waals surface area contributed by atoms with Crippen molar-refractivity contribution in [2.24, 2.45) is 7.05 Å². The number of pyridine rings is 1. The predicted molar refractivity (Wildman–Crippen MR) is 93.0 cm³/mol. The Labute approximate surface area is 143 Å². The maximum atomic E-state index is 12.8. The van der Waals surface area contributed by atoms with Gasteiger partial charge in [0.1, 0.15) is 0 Å². The molecular formula is C16H17ClN4OS. The second-order valence-electron chi connectivity index (χ2n) is 5.33. The normalized spacial score (nSPS) is 11.1. The van der Waals surface area contributed by atoms with Crippen molar-refractivity contribution in [1.29, 1.82) is 0 Å². The molecule has 3 heterocycles. The Balaban J connectivity index is 1.89. The van der Waals surface area contributed by atoms with Crippen molar-refractivity contribution < 1.29 is 4.79 Å². The number of hydrogen-bond donors (Lipinski definition) is 0. The number of hydrogen-bond acceptors (Lipinski definition) is 4. The summed E-state index contributed by atoms with van der Waals surface area (Å²) in [7, 11) is 1.85. The van der Waals surface area contributed by atoms with Gasteiger partial charge in [0.2, 0.25) is 0 Å². The van der Waals surface area contributed by atoms with Crippen molar-refractivity contribution in [3.05, 3.63) is 44.9 Å². The molecule has 3 aromatic heterocycles. The van der Waals surface area contributed by atoms with Crippen LogP contribution in [0.2, 0.25) is 4.34 Å². The van der Waals surface area contributed by atoms with Gasteiger partial charge in [0.25, 0.3) is 5.91 Å². The van der Waals surface area contributed by atoms with E-state index in [1.54, 1.807) is 15.8 Å². The zero-order valence-corrected chi connectivity index (χ0v) is 14.8. The molecule has 23 heavy (non-hydrogen) atoms. The fraction of sp³-hybridized carbons (Fsp3) is 0.312. The maximum Gasteiger partial charge on any atom is 0.255 e. The van der Waals surface area contributed by atoms with Crippen LogP contribution in [0.15, 0.2) is 24.4 Å². The molecule has 0 atom stereocenters. The van der Waals surface area contributed by atoms with Crippen LogP contribution in [0.3, 0.4) is 0 Å². The monoisotopic (exact) mass is 348 g/mol. The smallest absolute Gasteiger partial charge is 0.255 e. The third-order valence-electron chi connectivity index (χ3n) is 3.75. The molecule has 120 valence electrons. The van der Waals surface area contributed by atoms with Gasteiger partial charge < -0.3 is 4.90 Å². The standard InChI is InChI=1S/C16H17ClN4OS/c1-4-21(9-12-5-6-14(17)23-12)16(22)11-7-13-10(2)19-20(3)15(13)18-8-11/h5-8H,4,9H2,1-3H3. The highest BCUT2D eigenvalue weighted by molar-refractivity contribution is 7.16. The summed E-state index contributed by atoms with van der Waals surface area (Å²) >= 11 is 7.46. The SMILES string of the molecule is CCN(Cc1ccc(Cl)s1)C(=O)c1cnc2c(c1)c(C)nn2C.